The molecule has 0 atom stereocenters. The number of benzene rings is 8. The molecule has 2 amide bonds. The smallest absolute Gasteiger partial charge is 0.351 e. The molecule has 1 heterocycles. The van der Waals surface area contributed by atoms with E-state index in [1.807, 2.05) is 48.5 Å². The fourth-order valence-corrected chi connectivity index (χ4v) is 17.3. The zero-order valence-corrected chi connectivity index (χ0v) is 57.4. The van der Waals surface area contributed by atoms with Crippen LogP contribution < -0.4 is 26.2 Å². The summed E-state index contributed by atoms with van der Waals surface area (Å²) in [7, 11) is -3.47. The van der Waals surface area contributed by atoms with E-state index in [-0.39, 0.29) is 45.9 Å². The number of fused-ring (bicyclic) bond motifs is 2. The lowest BCUT2D eigenvalue weighted by Crippen LogP contribution is -2.72. The highest BCUT2D eigenvalue weighted by Crippen LogP contribution is 2.47. The summed E-state index contributed by atoms with van der Waals surface area (Å²) >= 11 is 0. The Hall–Kier alpha value is -7.89. The standard InChI is InChI=1S/C82H99N3O6Si/c1-11-12-53-85-57-61-28-23-25-32-74(61)92(71-30-20-19-21-31-71,75-33-26-24-29-62(75)58-85)91-78(89)72-52-35-60(55-73(72)86)59-90-54-27-18-16-14-13-15-17-22-34-76(87)83-56-77(88)84-70-50-48-69(49-51-70)82(66-42-36-63(37-43-66)79(2,3)4,67-44-38-64(39-45-67)80(5,6)7)68-46-40-65(41-47-68)81(8,9)10/h19-21,23-26,28-33,35-52,55,86H,11-18,22,27,34,53-54,56-59H2,1-10H3,(H,83,87)(H,84,88). The Bertz CT molecular complexity index is 3520. The molecular formula is C82H99N3O6Si. The summed E-state index contributed by atoms with van der Waals surface area (Å²) in [6.07, 6.45) is 10.7. The van der Waals surface area contributed by atoms with Crippen LogP contribution in [0, 0.1) is 0 Å². The second kappa shape index (κ2) is 30.7. The third-order valence-corrected chi connectivity index (χ3v) is 22.6. The Balaban J connectivity index is 0.710. The Labute approximate surface area is 550 Å². The molecule has 0 saturated heterocycles. The lowest BCUT2D eigenvalue weighted by atomic mass is 9.64. The molecule has 0 fully saturated rings. The van der Waals surface area contributed by atoms with Crippen molar-refractivity contribution in [1.82, 2.24) is 10.2 Å². The fourth-order valence-electron chi connectivity index (χ4n) is 13.1. The second-order valence-electron chi connectivity index (χ2n) is 28.4. The van der Waals surface area contributed by atoms with Crippen molar-refractivity contribution in [1.29, 1.82) is 0 Å². The number of amides is 2. The van der Waals surface area contributed by atoms with Gasteiger partial charge in [0.25, 0.3) is 0 Å². The predicted octanol–water partition coefficient (Wildman–Crippen LogP) is 16.4. The van der Waals surface area contributed by atoms with Gasteiger partial charge < -0.3 is 24.9 Å². The number of unbranched alkanes of at least 4 members (excludes halogenated alkanes) is 8. The van der Waals surface area contributed by atoms with Crippen LogP contribution in [0.15, 0.2) is 194 Å². The van der Waals surface area contributed by atoms with Crippen molar-refractivity contribution in [3.63, 3.8) is 0 Å². The van der Waals surface area contributed by atoms with Gasteiger partial charge in [0.05, 0.1) is 18.6 Å². The third kappa shape index (κ3) is 16.7. The largest absolute Gasteiger partial charge is 0.507 e. The van der Waals surface area contributed by atoms with Crippen LogP contribution in [0.4, 0.5) is 5.69 Å². The van der Waals surface area contributed by atoms with E-state index in [4.69, 9.17) is 9.16 Å². The van der Waals surface area contributed by atoms with E-state index >= 15 is 0 Å². The Kier molecular flexibility index (Phi) is 22.8. The number of ether oxygens (including phenoxy) is 1. The van der Waals surface area contributed by atoms with Gasteiger partial charge in [-0.3, -0.25) is 14.5 Å². The molecule has 8 aromatic carbocycles. The zero-order valence-electron chi connectivity index (χ0n) is 56.4. The molecule has 0 spiro atoms. The molecule has 0 aromatic heterocycles. The Morgan fingerprint density at radius 2 is 0.946 bits per heavy atom. The number of phenols is 1. The van der Waals surface area contributed by atoms with Gasteiger partial charge in [-0.1, -0.05) is 284 Å². The van der Waals surface area contributed by atoms with E-state index < -0.39 is 19.7 Å². The van der Waals surface area contributed by atoms with Crippen molar-refractivity contribution >= 4 is 47.3 Å². The highest BCUT2D eigenvalue weighted by molar-refractivity contribution is 7.08. The molecule has 92 heavy (non-hydrogen) atoms. The summed E-state index contributed by atoms with van der Waals surface area (Å²) in [5, 5.41) is 20.4. The molecule has 1 aliphatic heterocycles. The van der Waals surface area contributed by atoms with Crippen molar-refractivity contribution in [3.05, 3.63) is 255 Å². The van der Waals surface area contributed by atoms with Crippen LogP contribution in [-0.2, 0) is 60.1 Å². The van der Waals surface area contributed by atoms with E-state index in [9.17, 15) is 19.5 Å². The van der Waals surface area contributed by atoms with Gasteiger partial charge in [-0.2, -0.15) is 0 Å². The van der Waals surface area contributed by atoms with Crippen LogP contribution in [0.3, 0.4) is 0 Å². The molecule has 3 N–H and O–H groups in total. The van der Waals surface area contributed by atoms with Crippen LogP contribution in [-0.4, -0.2) is 55.8 Å². The van der Waals surface area contributed by atoms with Crippen molar-refractivity contribution in [2.75, 3.05) is 25.0 Å². The van der Waals surface area contributed by atoms with E-state index in [1.165, 1.54) is 16.7 Å². The monoisotopic (exact) mass is 1250 g/mol. The normalized spacial score (nSPS) is 13.5. The maximum Gasteiger partial charge on any atom is 0.351 e. The average Bonchev–Trinajstić information content (AvgIpc) is 0.739. The van der Waals surface area contributed by atoms with Crippen molar-refractivity contribution in [2.24, 2.45) is 0 Å². The number of nitrogens with one attached hydrogen (secondary N) is 2. The molecule has 0 radical (unpaired) electrons. The van der Waals surface area contributed by atoms with Crippen molar-refractivity contribution in [2.45, 2.75) is 181 Å². The van der Waals surface area contributed by atoms with Gasteiger partial charge in [0.15, 0.2) is 0 Å². The van der Waals surface area contributed by atoms with Crippen LogP contribution in [0.25, 0.3) is 0 Å². The highest BCUT2D eigenvalue weighted by atomic mass is 28.4. The lowest BCUT2D eigenvalue weighted by molar-refractivity contribution is -0.124. The molecule has 9 nitrogen and oxygen atoms in total. The number of aromatic hydroxyl groups is 1. The van der Waals surface area contributed by atoms with Gasteiger partial charge in [0, 0.05) is 31.8 Å². The summed E-state index contributed by atoms with van der Waals surface area (Å²) in [6.45, 7) is 25.7. The number of hydrogen-bond acceptors (Lipinski definition) is 7. The molecule has 0 bridgehead atoms. The molecular weight excluding hydrogens is 1150 g/mol. The minimum atomic E-state index is -3.47. The van der Waals surface area contributed by atoms with E-state index in [1.54, 1.807) is 12.1 Å². The minimum Gasteiger partial charge on any atom is -0.507 e. The Morgan fingerprint density at radius 3 is 1.42 bits per heavy atom. The number of carbonyl (C=O) groups excluding carboxylic acids is 3. The predicted molar refractivity (Wildman–Crippen MR) is 380 cm³/mol. The first kappa shape index (κ1) is 68.5. The Morgan fingerprint density at radius 1 is 0.500 bits per heavy atom. The fraction of sp³-hybridized carbons (Fsp3) is 0.378. The average molecular weight is 1250 g/mol. The molecule has 0 saturated carbocycles. The van der Waals surface area contributed by atoms with Gasteiger partial charge in [0.1, 0.15) is 11.3 Å². The van der Waals surface area contributed by atoms with Crippen molar-refractivity contribution < 1.29 is 28.7 Å². The van der Waals surface area contributed by atoms with E-state index in [0.29, 0.717) is 25.3 Å². The zero-order chi connectivity index (χ0) is 65.5. The van der Waals surface area contributed by atoms with Gasteiger partial charge in [-0.25, -0.2) is 4.79 Å². The first-order valence-corrected chi connectivity index (χ1v) is 35.6. The minimum absolute atomic E-state index is 0.00515. The summed E-state index contributed by atoms with van der Waals surface area (Å²) in [5.74, 6) is -1.06. The number of phenolic OH excluding ortho intramolecular Hbond substituents is 1. The van der Waals surface area contributed by atoms with Crippen molar-refractivity contribution in [3.8, 4) is 5.75 Å². The van der Waals surface area contributed by atoms with Gasteiger partial charge in [-0.15, -0.1) is 0 Å². The van der Waals surface area contributed by atoms with E-state index in [2.05, 4.69) is 218 Å². The van der Waals surface area contributed by atoms with Crippen LogP contribution in [0.2, 0.25) is 0 Å². The summed E-state index contributed by atoms with van der Waals surface area (Å²) in [5.41, 5.74) is 11.6. The number of hydrogen-bond donors (Lipinski definition) is 3. The van der Waals surface area contributed by atoms with Crippen LogP contribution >= 0.6 is 0 Å². The molecule has 1 aliphatic rings. The summed E-state index contributed by atoms with van der Waals surface area (Å²) in [4.78, 5) is 43.3. The number of anilines is 1. The SMILES string of the molecule is CCCCN1Cc2ccccc2[Si](OC(=O)c2ccc(COCCCCCCCCCCC(=O)NCC(=O)Nc3ccc(C(c4ccc(C(C)(C)C)cc4)(c4ccc(C(C)(C)C)cc4)c4ccc(C(C)(C)C)cc4)cc3)cc2O)(c2ccccc2)c2ccccc2C1. The second-order valence-corrected chi connectivity index (χ2v) is 31.7. The quantitative estimate of drug-likeness (QED) is 0.0281. The van der Waals surface area contributed by atoms with Crippen LogP contribution in [0.5, 0.6) is 5.75 Å². The maximum atomic E-state index is 14.6. The molecule has 482 valence electrons. The molecule has 0 aliphatic carbocycles. The topological polar surface area (TPSA) is 117 Å². The number of carbonyl (C=O) groups is 3. The van der Waals surface area contributed by atoms with E-state index in [0.717, 1.165) is 138 Å². The van der Waals surface area contributed by atoms with Gasteiger partial charge in [-0.05, 0) is 138 Å². The van der Waals surface area contributed by atoms with Gasteiger partial charge >= 0.3 is 14.3 Å². The summed E-state index contributed by atoms with van der Waals surface area (Å²) in [6, 6.07) is 67.7. The highest BCUT2D eigenvalue weighted by Gasteiger charge is 2.49. The molecule has 9 rings (SSSR count). The molecule has 0 unspecified atom stereocenters. The molecule has 8 aromatic rings. The first-order chi connectivity index (χ1) is 44.1. The number of nitrogens with zero attached hydrogens (tertiary/aromatic N) is 1. The summed E-state index contributed by atoms with van der Waals surface area (Å²) < 4.78 is 13.1. The van der Waals surface area contributed by atoms with Gasteiger partial charge in [0.2, 0.25) is 11.8 Å². The third-order valence-electron chi connectivity index (χ3n) is 18.4. The molecule has 10 heteroatoms. The number of rotatable bonds is 26. The van der Waals surface area contributed by atoms with Crippen LogP contribution in [0.1, 0.15) is 206 Å². The maximum absolute atomic E-state index is 14.6. The first-order valence-electron chi connectivity index (χ1n) is 33.7. The lowest BCUT2D eigenvalue weighted by Gasteiger charge is -2.38.